The molecule has 4 rings (SSSR count). The number of benzene rings is 4. The van der Waals surface area contributed by atoms with E-state index in [1.54, 1.807) is 6.07 Å². The number of hydrogen-bond acceptors (Lipinski definition) is 9. The summed E-state index contributed by atoms with van der Waals surface area (Å²) >= 11 is 12.6. The molecule has 0 aliphatic heterocycles. The third-order valence-corrected chi connectivity index (χ3v) is 8.83. The van der Waals surface area contributed by atoms with E-state index >= 15 is 0 Å². The second-order valence-electron chi connectivity index (χ2n) is 7.16. The van der Waals surface area contributed by atoms with Gasteiger partial charge < -0.3 is 4.74 Å². The molecule has 0 fully saturated rings. The van der Waals surface area contributed by atoms with Crippen molar-refractivity contribution >= 4 is 66.0 Å². The molecule has 0 saturated heterocycles. The molecular formula is C22H14Cl2O9S3. The van der Waals surface area contributed by atoms with Gasteiger partial charge in [-0.25, -0.2) is 13.7 Å². The molecule has 0 heterocycles. The molecule has 9 nitrogen and oxygen atoms in total. The van der Waals surface area contributed by atoms with Crippen molar-refractivity contribution in [2.75, 3.05) is 0 Å². The zero-order valence-corrected chi connectivity index (χ0v) is 21.6. The van der Waals surface area contributed by atoms with E-state index in [0.29, 0.717) is 22.8 Å². The molecule has 2 N–H and O–H groups in total. The Hall–Kier alpha value is -2.39. The van der Waals surface area contributed by atoms with Crippen LogP contribution in [0.3, 0.4) is 0 Å². The second kappa shape index (κ2) is 10.5. The lowest BCUT2D eigenvalue weighted by Crippen LogP contribution is -2.03. The summed E-state index contributed by atoms with van der Waals surface area (Å²) in [7, 11) is -8.38. The average Bonchev–Trinajstić information content (AvgIpc) is 2.83. The van der Waals surface area contributed by atoms with Gasteiger partial charge in [0.25, 0.3) is 10.1 Å². The van der Waals surface area contributed by atoms with Gasteiger partial charge in [0.2, 0.25) is 9.84 Å². The van der Waals surface area contributed by atoms with Crippen LogP contribution in [-0.4, -0.2) is 26.6 Å². The Morgan fingerprint density at radius 2 is 1.47 bits per heavy atom. The van der Waals surface area contributed by atoms with Crippen LogP contribution in [0.5, 0.6) is 11.5 Å². The van der Waals surface area contributed by atoms with Crippen LogP contribution in [0.4, 0.5) is 0 Å². The van der Waals surface area contributed by atoms with Gasteiger partial charge in [-0.05, 0) is 77.5 Å². The van der Waals surface area contributed by atoms with Crippen molar-refractivity contribution in [2.45, 2.75) is 19.6 Å². The summed E-state index contributed by atoms with van der Waals surface area (Å²) in [6, 6.07) is 16.6. The van der Waals surface area contributed by atoms with Gasteiger partial charge in [0.15, 0.2) is 0 Å². The summed E-state index contributed by atoms with van der Waals surface area (Å²) in [4.78, 5) is -0.215. The minimum absolute atomic E-state index is 0.0285. The molecule has 0 saturated carbocycles. The zero-order chi connectivity index (χ0) is 26.1. The first-order valence-electron chi connectivity index (χ1n) is 9.67. The van der Waals surface area contributed by atoms with E-state index in [4.69, 9.17) is 33.2 Å². The van der Waals surface area contributed by atoms with Gasteiger partial charge in [0.1, 0.15) is 11.5 Å². The lowest BCUT2D eigenvalue weighted by Gasteiger charge is -2.13. The summed E-state index contributed by atoms with van der Waals surface area (Å²) in [6.07, 6.45) is 0. The SMILES string of the molecule is O=S(=O)(O)c1ccc2cc(Oc3ccc(S(=O)(=O)c4cc(Cl)ccc4Cl)cc3)c(SOOO)cc2c1. The Bertz CT molecular complexity index is 1660. The average molecular weight is 589 g/mol. The molecule has 0 aliphatic rings. The molecule has 0 aromatic heterocycles. The first kappa shape index (κ1) is 26.7. The fourth-order valence-electron chi connectivity index (χ4n) is 3.22. The molecule has 36 heavy (non-hydrogen) atoms. The van der Waals surface area contributed by atoms with E-state index in [9.17, 15) is 21.4 Å². The summed E-state index contributed by atoms with van der Waals surface area (Å²) in [5.74, 6) is 0.476. The lowest BCUT2D eigenvalue weighted by molar-refractivity contribution is -0.432. The first-order valence-corrected chi connectivity index (χ1v) is 14.1. The molecule has 0 atom stereocenters. The number of hydrogen-bond donors (Lipinski definition) is 2. The Kier molecular flexibility index (Phi) is 7.80. The van der Waals surface area contributed by atoms with Crippen LogP contribution in [-0.2, 0) is 29.3 Å². The number of rotatable bonds is 8. The highest BCUT2D eigenvalue weighted by Gasteiger charge is 2.22. The standard InChI is InChI=1S/C22H14Cl2O9S3/c23-15-2-8-19(24)22(12-15)35(26,27)17-6-3-16(4-7-17)31-20-10-13-1-5-18(36(28,29)30)9-14(13)11-21(20)34-33-32-25/h1-12,25H,(H,28,29,30). The van der Waals surface area contributed by atoms with Crippen molar-refractivity contribution in [3.8, 4) is 11.5 Å². The van der Waals surface area contributed by atoms with E-state index in [2.05, 4.69) is 9.37 Å². The Balaban J connectivity index is 1.68. The van der Waals surface area contributed by atoms with Gasteiger partial charge in [0.05, 0.1) is 36.6 Å². The van der Waals surface area contributed by atoms with E-state index in [-0.39, 0.29) is 41.1 Å². The maximum absolute atomic E-state index is 13.0. The van der Waals surface area contributed by atoms with E-state index < -0.39 is 20.0 Å². The molecular weight excluding hydrogens is 575 g/mol. The van der Waals surface area contributed by atoms with Crippen LogP contribution in [0.1, 0.15) is 0 Å². The van der Waals surface area contributed by atoms with Gasteiger partial charge in [-0.3, -0.25) is 4.55 Å². The molecule has 0 bridgehead atoms. The van der Waals surface area contributed by atoms with Crippen LogP contribution in [0.25, 0.3) is 10.8 Å². The lowest BCUT2D eigenvalue weighted by atomic mass is 10.1. The number of halogens is 2. The highest BCUT2D eigenvalue weighted by Crippen LogP contribution is 2.38. The van der Waals surface area contributed by atoms with Gasteiger partial charge >= 0.3 is 0 Å². The topological polar surface area (TPSA) is 136 Å². The van der Waals surface area contributed by atoms with Crippen molar-refractivity contribution in [3.05, 3.63) is 82.8 Å². The van der Waals surface area contributed by atoms with Crippen LogP contribution < -0.4 is 4.74 Å². The van der Waals surface area contributed by atoms with E-state index in [1.165, 1.54) is 66.7 Å². The van der Waals surface area contributed by atoms with E-state index in [0.717, 1.165) is 0 Å². The van der Waals surface area contributed by atoms with Crippen molar-refractivity contribution < 1.29 is 40.8 Å². The summed E-state index contributed by atoms with van der Waals surface area (Å²) in [6.45, 7) is 0. The fourth-order valence-corrected chi connectivity index (χ4v) is 6.21. The number of fused-ring (bicyclic) bond motifs is 1. The Morgan fingerprint density at radius 1 is 0.778 bits per heavy atom. The predicted molar refractivity (Wildman–Crippen MR) is 133 cm³/mol. The Morgan fingerprint density at radius 3 is 2.14 bits per heavy atom. The maximum atomic E-state index is 13.0. The third-order valence-electron chi connectivity index (χ3n) is 4.87. The van der Waals surface area contributed by atoms with Crippen LogP contribution in [0, 0.1) is 0 Å². The van der Waals surface area contributed by atoms with Crippen molar-refractivity contribution in [1.29, 1.82) is 0 Å². The minimum atomic E-state index is -4.42. The van der Waals surface area contributed by atoms with Crippen molar-refractivity contribution in [2.24, 2.45) is 0 Å². The molecule has 0 radical (unpaired) electrons. The molecule has 0 unspecified atom stereocenters. The van der Waals surface area contributed by atoms with Gasteiger partial charge in [-0.15, -0.1) is 4.33 Å². The smallest absolute Gasteiger partial charge is 0.294 e. The van der Waals surface area contributed by atoms with E-state index in [1.807, 2.05) is 0 Å². The molecule has 14 heteroatoms. The number of sulfone groups is 1. The summed E-state index contributed by atoms with van der Waals surface area (Å²) in [5, 5.41) is 13.4. The predicted octanol–water partition coefficient (Wildman–Crippen LogP) is 6.45. The first-order chi connectivity index (χ1) is 17.0. The highest BCUT2D eigenvalue weighted by atomic mass is 35.5. The third kappa shape index (κ3) is 5.78. The fraction of sp³-hybridized carbons (Fsp3) is 0. The molecule has 4 aromatic rings. The highest BCUT2D eigenvalue weighted by molar-refractivity contribution is 7.94. The summed E-state index contributed by atoms with van der Waals surface area (Å²) in [5.41, 5.74) is 0. The molecule has 188 valence electrons. The quantitative estimate of drug-likeness (QED) is 0.102. The maximum Gasteiger partial charge on any atom is 0.294 e. The van der Waals surface area contributed by atoms with Gasteiger partial charge in [-0.1, -0.05) is 34.3 Å². The molecule has 0 spiro atoms. The number of ether oxygens (including phenoxy) is 1. The van der Waals surface area contributed by atoms with Gasteiger partial charge in [-0.2, -0.15) is 8.42 Å². The largest absolute Gasteiger partial charge is 0.456 e. The molecule has 4 aromatic carbocycles. The van der Waals surface area contributed by atoms with Crippen LogP contribution >= 0.6 is 35.2 Å². The van der Waals surface area contributed by atoms with Crippen molar-refractivity contribution in [3.63, 3.8) is 0 Å². The minimum Gasteiger partial charge on any atom is -0.456 e. The normalized spacial score (nSPS) is 12.1. The second-order valence-corrected chi connectivity index (χ2v) is 12.1. The zero-order valence-electron chi connectivity index (χ0n) is 17.7. The van der Waals surface area contributed by atoms with Crippen LogP contribution in [0.15, 0.2) is 92.4 Å². The van der Waals surface area contributed by atoms with Crippen molar-refractivity contribution in [1.82, 2.24) is 0 Å². The van der Waals surface area contributed by atoms with Gasteiger partial charge in [0, 0.05) is 5.02 Å². The molecule has 0 amide bonds. The van der Waals surface area contributed by atoms with Crippen LogP contribution in [0.2, 0.25) is 10.0 Å². The molecule has 0 aliphatic carbocycles. The summed E-state index contributed by atoms with van der Waals surface area (Å²) < 4.78 is 68.6. The Labute approximate surface area is 219 Å². The monoisotopic (exact) mass is 588 g/mol.